The van der Waals surface area contributed by atoms with E-state index >= 15 is 0 Å². The van der Waals surface area contributed by atoms with Crippen molar-refractivity contribution in [3.05, 3.63) is 101 Å². The summed E-state index contributed by atoms with van der Waals surface area (Å²) in [6.45, 7) is 10.4. The van der Waals surface area contributed by atoms with Crippen LogP contribution in [0.2, 0.25) is 0 Å². The van der Waals surface area contributed by atoms with Gasteiger partial charge in [0, 0.05) is 44.2 Å². The van der Waals surface area contributed by atoms with Gasteiger partial charge in [0.2, 0.25) is 0 Å². The smallest absolute Gasteiger partial charge is 0.253 e. The van der Waals surface area contributed by atoms with Gasteiger partial charge in [-0.1, -0.05) is 55.8 Å². The lowest BCUT2D eigenvalue weighted by molar-refractivity contribution is 0.0703. The summed E-state index contributed by atoms with van der Waals surface area (Å²) in [6.07, 6.45) is 0. The van der Waals surface area contributed by atoms with Crippen molar-refractivity contribution in [1.29, 1.82) is 0 Å². The minimum atomic E-state index is -0.331. The van der Waals surface area contributed by atoms with Crippen molar-refractivity contribution in [3.63, 3.8) is 0 Å². The molecule has 4 nitrogen and oxygen atoms in total. The van der Waals surface area contributed by atoms with Crippen LogP contribution < -0.4 is 4.74 Å². The highest BCUT2D eigenvalue weighted by atomic mass is 19.1. The van der Waals surface area contributed by atoms with Crippen LogP contribution in [0.4, 0.5) is 4.39 Å². The maximum atomic E-state index is 13.5. The molecule has 36 heavy (non-hydrogen) atoms. The van der Waals surface area contributed by atoms with Crippen LogP contribution in [-0.2, 0) is 6.54 Å². The summed E-state index contributed by atoms with van der Waals surface area (Å²) in [4.78, 5) is 18.0. The molecule has 1 amide bonds. The molecule has 0 aliphatic carbocycles. The van der Waals surface area contributed by atoms with Crippen molar-refractivity contribution in [3.8, 4) is 5.75 Å². The van der Waals surface area contributed by atoms with Gasteiger partial charge in [-0.25, -0.2) is 4.39 Å². The predicted molar refractivity (Wildman–Crippen MR) is 143 cm³/mol. The third-order valence-corrected chi connectivity index (χ3v) is 6.98. The van der Waals surface area contributed by atoms with Crippen molar-refractivity contribution in [2.45, 2.75) is 33.2 Å². The van der Waals surface area contributed by atoms with Gasteiger partial charge in [-0.05, 0) is 66.3 Å². The SMILES string of the molecule is COc1cccc(C2CN(Cc3ccc(C)cc3)CC2CN(CC(C)C)C(=O)c2ccc(F)cc2)c1. The Kier molecular flexibility index (Phi) is 8.42. The van der Waals surface area contributed by atoms with E-state index in [9.17, 15) is 9.18 Å². The Balaban J connectivity index is 1.59. The largest absolute Gasteiger partial charge is 0.497 e. The number of nitrogens with zero attached hydrogens (tertiary/aromatic N) is 2. The molecule has 1 heterocycles. The summed E-state index contributed by atoms with van der Waals surface area (Å²) in [5.74, 6) is 1.36. The monoisotopic (exact) mass is 488 g/mol. The first-order valence-electron chi connectivity index (χ1n) is 12.8. The zero-order chi connectivity index (χ0) is 25.7. The van der Waals surface area contributed by atoms with Crippen molar-refractivity contribution >= 4 is 5.91 Å². The molecule has 3 aromatic carbocycles. The van der Waals surface area contributed by atoms with E-state index in [0.717, 1.165) is 25.4 Å². The third-order valence-electron chi connectivity index (χ3n) is 6.98. The lowest BCUT2D eigenvalue weighted by atomic mass is 9.88. The van der Waals surface area contributed by atoms with Crippen LogP contribution in [0.25, 0.3) is 0 Å². The molecule has 1 fully saturated rings. The van der Waals surface area contributed by atoms with Crippen LogP contribution in [0.5, 0.6) is 5.75 Å². The highest BCUT2D eigenvalue weighted by Gasteiger charge is 2.36. The summed E-state index contributed by atoms with van der Waals surface area (Å²) in [7, 11) is 1.70. The Labute approximate surface area is 214 Å². The molecule has 1 aliphatic rings. The molecular weight excluding hydrogens is 451 g/mol. The van der Waals surface area contributed by atoms with Gasteiger partial charge in [0.25, 0.3) is 5.91 Å². The molecule has 190 valence electrons. The molecular formula is C31H37FN2O2. The second-order valence-electron chi connectivity index (χ2n) is 10.4. The lowest BCUT2D eigenvalue weighted by Crippen LogP contribution is -2.39. The molecule has 2 atom stereocenters. The van der Waals surface area contributed by atoms with Crippen LogP contribution >= 0.6 is 0 Å². The molecule has 5 heteroatoms. The second kappa shape index (κ2) is 11.7. The zero-order valence-corrected chi connectivity index (χ0v) is 21.8. The lowest BCUT2D eigenvalue weighted by Gasteiger charge is -2.30. The number of rotatable bonds is 9. The fourth-order valence-electron chi connectivity index (χ4n) is 5.22. The maximum absolute atomic E-state index is 13.5. The number of aryl methyl sites for hydroxylation is 1. The number of benzene rings is 3. The van der Waals surface area contributed by atoms with Crippen LogP contribution in [-0.4, -0.2) is 49.0 Å². The van der Waals surface area contributed by atoms with Crippen LogP contribution in [0.1, 0.15) is 46.8 Å². The van der Waals surface area contributed by atoms with E-state index < -0.39 is 0 Å². The van der Waals surface area contributed by atoms with Gasteiger partial charge < -0.3 is 9.64 Å². The Bertz CT molecular complexity index is 1140. The van der Waals surface area contributed by atoms with E-state index in [1.807, 2.05) is 17.0 Å². The minimum absolute atomic E-state index is 0.0370. The van der Waals surface area contributed by atoms with E-state index in [0.29, 0.717) is 24.6 Å². The molecule has 1 saturated heterocycles. The van der Waals surface area contributed by atoms with E-state index in [1.54, 1.807) is 19.2 Å². The van der Waals surface area contributed by atoms with E-state index in [2.05, 4.69) is 62.1 Å². The van der Waals surface area contributed by atoms with E-state index in [-0.39, 0.29) is 23.6 Å². The molecule has 0 N–H and O–H groups in total. The quantitative estimate of drug-likeness (QED) is 0.362. The Morgan fingerprint density at radius 3 is 2.44 bits per heavy atom. The third kappa shape index (κ3) is 6.52. The number of hydrogen-bond acceptors (Lipinski definition) is 3. The normalized spacial score (nSPS) is 17.9. The molecule has 0 radical (unpaired) electrons. The number of ether oxygens (including phenoxy) is 1. The van der Waals surface area contributed by atoms with Gasteiger partial charge in [-0.15, -0.1) is 0 Å². The molecule has 3 aromatic rings. The van der Waals surface area contributed by atoms with Crippen molar-refractivity contribution in [2.75, 3.05) is 33.3 Å². The zero-order valence-electron chi connectivity index (χ0n) is 21.8. The highest BCUT2D eigenvalue weighted by molar-refractivity contribution is 5.94. The van der Waals surface area contributed by atoms with Crippen LogP contribution in [0, 0.1) is 24.6 Å². The summed E-state index contributed by atoms with van der Waals surface area (Å²) in [5, 5.41) is 0. The van der Waals surface area contributed by atoms with Gasteiger partial charge in [-0.2, -0.15) is 0 Å². The summed E-state index contributed by atoms with van der Waals surface area (Å²) < 4.78 is 19.0. The molecule has 2 unspecified atom stereocenters. The average Bonchev–Trinajstić information content (AvgIpc) is 3.27. The van der Waals surface area contributed by atoms with Gasteiger partial charge in [0.1, 0.15) is 11.6 Å². The van der Waals surface area contributed by atoms with E-state index in [1.165, 1.54) is 28.8 Å². The van der Waals surface area contributed by atoms with Gasteiger partial charge in [-0.3, -0.25) is 9.69 Å². The highest BCUT2D eigenvalue weighted by Crippen LogP contribution is 2.36. The first-order chi connectivity index (χ1) is 17.3. The Morgan fingerprint density at radius 1 is 1.06 bits per heavy atom. The number of hydrogen-bond donors (Lipinski definition) is 0. The number of methoxy groups -OCH3 is 1. The minimum Gasteiger partial charge on any atom is -0.497 e. The Hall–Kier alpha value is -3.18. The average molecular weight is 489 g/mol. The fourth-order valence-corrected chi connectivity index (χ4v) is 5.22. The second-order valence-corrected chi connectivity index (χ2v) is 10.4. The molecule has 0 bridgehead atoms. The number of halogens is 1. The van der Waals surface area contributed by atoms with Crippen LogP contribution in [0.3, 0.4) is 0 Å². The number of likely N-dealkylation sites (tertiary alicyclic amines) is 1. The fraction of sp³-hybridized carbons (Fsp3) is 0.387. The number of carbonyl (C=O) groups is 1. The molecule has 0 spiro atoms. The maximum Gasteiger partial charge on any atom is 0.253 e. The standard InChI is InChI=1S/C31H37FN2O2/c1-22(2)17-34(31(35)25-12-14-28(32)15-13-25)20-27-19-33(18-24-10-8-23(3)9-11-24)21-30(27)26-6-5-7-29(16-26)36-4/h5-16,22,27,30H,17-21H2,1-4H3. The first-order valence-corrected chi connectivity index (χ1v) is 12.8. The predicted octanol–water partition coefficient (Wildman–Crippen LogP) is 6.16. The number of amides is 1. The van der Waals surface area contributed by atoms with Crippen molar-refractivity contribution in [1.82, 2.24) is 9.80 Å². The van der Waals surface area contributed by atoms with Crippen molar-refractivity contribution < 1.29 is 13.9 Å². The van der Waals surface area contributed by atoms with Crippen molar-refractivity contribution in [2.24, 2.45) is 11.8 Å². The molecule has 0 saturated carbocycles. The summed E-state index contributed by atoms with van der Waals surface area (Å²) >= 11 is 0. The summed E-state index contributed by atoms with van der Waals surface area (Å²) in [5.41, 5.74) is 4.33. The molecule has 4 rings (SSSR count). The van der Waals surface area contributed by atoms with E-state index in [4.69, 9.17) is 4.74 Å². The van der Waals surface area contributed by atoms with Gasteiger partial charge in [0.15, 0.2) is 0 Å². The Morgan fingerprint density at radius 2 is 1.78 bits per heavy atom. The first kappa shape index (κ1) is 25.9. The van der Waals surface area contributed by atoms with Crippen LogP contribution in [0.15, 0.2) is 72.8 Å². The van der Waals surface area contributed by atoms with Gasteiger partial charge in [0.05, 0.1) is 7.11 Å². The molecule has 1 aliphatic heterocycles. The number of carbonyl (C=O) groups excluding carboxylic acids is 1. The van der Waals surface area contributed by atoms with Gasteiger partial charge >= 0.3 is 0 Å². The molecule has 0 aromatic heterocycles. The summed E-state index contributed by atoms with van der Waals surface area (Å²) in [6, 6.07) is 22.9. The topological polar surface area (TPSA) is 32.8 Å².